The smallest absolute Gasteiger partial charge is 0.194 e. The number of aliphatic hydroxyl groups is 1. The first kappa shape index (κ1) is 32.2. The van der Waals surface area contributed by atoms with Crippen LogP contribution in [0.25, 0.3) is 22.0 Å². The van der Waals surface area contributed by atoms with Crippen molar-refractivity contribution in [3.8, 4) is 22.6 Å². The van der Waals surface area contributed by atoms with Crippen LogP contribution in [0.15, 0.2) is 91.3 Å². The van der Waals surface area contributed by atoms with E-state index >= 15 is 0 Å². The molecule has 7 heteroatoms. The summed E-state index contributed by atoms with van der Waals surface area (Å²) in [7, 11) is -0.338. The number of pyridine rings is 1. The molecular weight excluding hydrogens is 577 g/mol. The Morgan fingerprint density at radius 2 is 1.56 bits per heavy atom. The van der Waals surface area contributed by atoms with Gasteiger partial charge in [0.05, 0.1) is 19.4 Å². The molecule has 2 heterocycles. The number of carbonyl (C=O) groups excluding carboxylic acids is 1. The van der Waals surface area contributed by atoms with Gasteiger partial charge in [0.1, 0.15) is 18.1 Å². The molecule has 0 aliphatic carbocycles. The lowest BCUT2D eigenvalue weighted by atomic mass is 9.96. The van der Waals surface area contributed by atoms with Crippen molar-refractivity contribution in [3.63, 3.8) is 0 Å². The minimum absolute atomic E-state index is 0.154. The Labute approximate surface area is 267 Å². The molecule has 5 aromatic rings. The maximum absolute atomic E-state index is 13.8. The van der Waals surface area contributed by atoms with Gasteiger partial charge in [-0.3, -0.25) is 9.78 Å². The van der Waals surface area contributed by atoms with E-state index in [2.05, 4.69) is 81.2 Å². The van der Waals surface area contributed by atoms with Crippen molar-refractivity contribution in [2.75, 3.05) is 7.11 Å². The van der Waals surface area contributed by atoms with E-state index in [-0.39, 0.29) is 12.4 Å². The van der Waals surface area contributed by atoms with E-state index < -0.39 is 8.24 Å². The van der Waals surface area contributed by atoms with Gasteiger partial charge in [0.25, 0.3) is 0 Å². The van der Waals surface area contributed by atoms with E-state index in [4.69, 9.17) is 9.47 Å². The summed E-state index contributed by atoms with van der Waals surface area (Å²) < 4.78 is 14.2. The minimum atomic E-state index is -1.98. The Kier molecular flexibility index (Phi) is 9.61. The number of ketones is 1. The SMILES string of the molecule is COc1ccc(COc2cc(C(=O)c3ccc(CO)nc3)cc(-c3cccc4c3ccn4[Si](C(C)C)(C(C)C)C(C)C)c2)cc1. The zero-order chi connectivity index (χ0) is 32.3. The Balaban J connectivity index is 1.62. The average Bonchev–Trinajstić information content (AvgIpc) is 3.47. The number of aliphatic hydroxyl groups excluding tert-OH is 1. The number of aromatic nitrogens is 2. The van der Waals surface area contributed by atoms with Crippen LogP contribution in [0.2, 0.25) is 16.6 Å². The molecule has 0 unspecified atom stereocenters. The summed E-state index contributed by atoms with van der Waals surface area (Å²) in [4.78, 5) is 18.0. The molecule has 0 saturated heterocycles. The second-order valence-electron chi connectivity index (χ2n) is 12.7. The number of benzene rings is 3. The predicted octanol–water partition coefficient (Wildman–Crippen LogP) is 9.04. The first-order valence-corrected chi connectivity index (χ1v) is 17.9. The highest BCUT2D eigenvalue weighted by atomic mass is 28.3. The number of rotatable bonds is 12. The van der Waals surface area contributed by atoms with Crippen molar-refractivity contribution in [2.45, 2.75) is 71.4 Å². The highest BCUT2D eigenvalue weighted by Gasteiger charge is 2.45. The fourth-order valence-corrected chi connectivity index (χ4v) is 13.9. The summed E-state index contributed by atoms with van der Waals surface area (Å²) in [6.45, 7) is 14.5. The number of nitrogens with zero attached hydrogens (tertiary/aromatic N) is 2. The molecule has 0 saturated carbocycles. The van der Waals surface area contributed by atoms with Crippen LogP contribution in [0.4, 0.5) is 0 Å². The lowest BCUT2D eigenvalue weighted by Gasteiger charge is -2.44. The van der Waals surface area contributed by atoms with Gasteiger partial charge in [-0.05, 0) is 94.1 Å². The third-order valence-corrected chi connectivity index (χ3v) is 16.0. The number of hydrogen-bond donors (Lipinski definition) is 1. The van der Waals surface area contributed by atoms with Gasteiger partial charge in [-0.1, -0.05) is 65.8 Å². The summed E-state index contributed by atoms with van der Waals surface area (Å²) in [5.41, 5.74) is 7.36. The summed E-state index contributed by atoms with van der Waals surface area (Å²) in [5.74, 6) is 1.24. The lowest BCUT2D eigenvalue weighted by Crippen LogP contribution is -2.51. The topological polar surface area (TPSA) is 73.6 Å². The molecular formula is C38H44N2O4Si. The fraction of sp³-hybridized carbons (Fsp3) is 0.316. The van der Waals surface area contributed by atoms with Crippen LogP contribution < -0.4 is 9.47 Å². The third kappa shape index (κ3) is 6.20. The van der Waals surface area contributed by atoms with E-state index in [1.165, 1.54) is 11.7 Å². The van der Waals surface area contributed by atoms with Crippen LogP contribution in [-0.4, -0.2) is 35.5 Å². The summed E-state index contributed by atoms with van der Waals surface area (Å²) in [5, 5.41) is 10.6. The van der Waals surface area contributed by atoms with Gasteiger partial charge in [-0.25, -0.2) is 0 Å². The van der Waals surface area contributed by atoms with Crippen LogP contribution in [0.3, 0.4) is 0 Å². The maximum atomic E-state index is 13.8. The minimum Gasteiger partial charge on any atom is -0.497 e. The maximum Gasteiger partial charge on any atom is 0.194 e. The van der Waals surface area contributed by atoms with Gasteiger partial charge < -0.3 is 18.8 Å². The third-order valence-electron chi connectivity index (χ3n) is 9.22. The summed E-state index contributed by atoms with van der Waals surface area (Å²) >= 11 is 0. The fourth-order valence-electron chi connectivity index (χ4n) is 7.27. The van der Waals surface area contributed by atoms with Gasteiger partial charge in [0, 0.05) is 28.2 Å². The molecule has 0 spiro atoms. The number of hydrogen-bond acceptors (Lipinski definition) is 5. The van der Waals surface area contributed by atoms with E-state index in [9.17, 15) is 9.90 Å². The standard InChI is InChI=1S/C38H44N2O4Si/c1-25(2)45(26(3)4,27(5)6)40-18-17-36-35(9-8-10-37(36)40)30-19-31(38(42)29-13-14-32(23-41)39-22-29)21-34(20-30)44-24-28-11-15-33(43-7)16-12-28/h8-22,25-27,41H,23-24H2,1-7H3. The second kappa shape index (κ2) is 13.4. The Morgan fingerprint density at radius 1 is 0.844 bits per heavy atom. The Hall–Kier alpha value is -4.20. The molecule has 0 radical (unpaired) electrons. The van der Waals surface area contributed by atoms with Gasteiger partial charge in [0.15, 0.2) is 14.0 Å². The number of ether oxygens (including phenoxy) is 2. The molecule has 0 bridgehead atoms. The van der Waals surface area contributed by atoms with Crippen LogP contribution in [0.5, 0.6) is 11.5 Å². The first-order valence-electron chi connectivity index (χ1n) is 15.7. The molecule has 0 atom stereocenters. The monoisotopic (exact) mass is 620 g/mol. The van der Waals surface area contributed by atoms with E-state index in [0.29, 0.717) is 45.8 Å². The van der Waals surface area contributed by atoms with Crippen LogP contribution in [-0.2, 0) is 13.2 Å². The Bertz CT molecular complexity index is 1750. The molecule has 0 aliphatic heterocycles. The van der Waals surface area contributed by atoms with Crippen molar-refractivity contribution < 1.29 is 19.4 Å². The summed E-state index contributed by atoms with van der Waals surface area (Å²) in [6, 6.07) is 25.7. The van der Waals surface area contributed by atoms with Gasteiger partial charge in [-0.2, -0.15) is 0 Å². The molecule has 5 rings (SSSR count). The quantitative estimate of drug-likeness (QED) is 0.111. The van der Waals surface area contributed by atoms with Gasteiger partial charge >= 0.3 is 0 Å². The molecule has 6 nitrogen and oxygen atoms in total. The van der Waals surface area contributed by atoms with Crippen molar-refractivity contribution in [1.82, 2.24) is 9.22 Å². The zero-order valence-corrected chi connectivity index (χ0v) is 28.4. The van der Waals surface area contributed by atoms with E-state index in [1.54, 1.807) is 25.3 Å². The van der Waals surface area contributed by atoms with Gasteiger partial charge in [-0.15, -0.1) is 0 Å². The largest absolute Gasteiger partial charge is 0.497 e. The van der Waals surface area contributed by atoms with Crippen molar-refractivity contribution in [1.29, 1.82) is 0 Å². The molecule has 0 fully saturated rings. The highest BCUT2D eigenvalue weighted by molar-refractivity contribution is 6.82. The van der Waals surface area contributed by atoms with Crippen LogP contribution >= 0.6 is 0 Å². The number of carbonyl (C=O) groups is 1. The molecule has 3 aromatic carbocycles. The molecule has 2 aromatic heterocycles. The van der Waals surface area contributed by atoms with Gasteiger partial charge in [0.2, 0.25) is 0 Å². The second-order valence-corrected chi connectivity index (χ2v) is 18.4. The molecule has 234 valence electrons. The normalized spacial score (nSPS) is 12.0. The highest BCUT2D eigenvalue weighted by Crippen LogP contribution is 2.45. The van der Waals surface area contributed by atoms with E-state index in [1.807, 2.05) is 36.4 Å². The molecule has 45 heavy (non-hydrogen) atoms. The van der Waals surface area contributed by atoms with Crippen LogP contribution in [0.1, 0.15) is 68.7 Å². The van der Waals surface area contributed by atoms with Crippen molar-refractivity contribution in [3.05, 3.63) is 114 Å². The summed E-state index contributed by atoms with van der Waals surface area (Å²) in [6.07, 6.45) is 3.82. The van der Waals surface area contributed by atoms with E-state index in [0.717, 1.165) is 27.8 Å². The average molecular weight is 621 g/mol. The van der Waals surface area contributed by atoms with Crippen molar-refractivity contribution in [2.24, 2.45) is 0 Å². The molecule has 0 aliphatic rings. The van der Waals surface area contributed by atoms with Crippen molar-refractivity contribution >= 4 is 24.9 Å². The number of fused-ring (bicyclic) bond motifs is 1. The lowest BCUT2D eigenvalue weighted by molar-refractivity contribution is 0.103. The Morgan fingerprint density at radius 3 is 2.16 bits per heavy atom. The predicted molar refractivity (Wildman–Crippen MR) is 185 cm³/mol. The van der Waals surface area contributed by atoms with Crippen LogP contribution in [0, 0.1) is 0 Å². The molecule has 1 N–H and O–H groups in total. The molecule has 0 amide bonds. The first-order chi connectivity index (χ1) is 21.6. The number of methoxy groups -OCH3 is 1. The zero-order valence-electron chi connectivity index (χ0n) is 27.4.